The second kappa shape index (κ2) is 7.14. The minimum absolute atomic E-state index is 0.109. The number of carbonyl (C=O) groups excluding carboxylic acids is 1. The van der Waals surface area contributed by atoms with Gasteiger partial charge in [0.1, 0.15) is 0 Å². The Morgan fingerprint density at radius 1 is 1.42 bits per heavy atom. The van der Waals surface area contributed by atoms with E-state index in [0.717, 1.165) is 30.6 Å². The summed E-state index contributed by atoms with van der Waals surface area (Å²) in [4.78, 5) is 14.0. The van der Waals surface area contributed by atoms with Crippen molar-refractivity contribution in [3.63, 3.8) is 0 Å². The summed E-state index contributed by atoms with van der Waals surface area (Å²) >= 11 is 0. The fourth-order valence-electron chi connectivity index (χ4n) is 1.96. The lowest BCUT2D eigenvalue weighted by Gasteiger charge is -2.18. The normalized spacial score (nSPS) is 12.1. The SMILES string of the molecule is CCCC[C@H](N)C(=O)Nc1ccc(C)c(N(C)C)c1. The van der Waals surface area contributed by atoms with Crippen LogP contribution in [0.15, 0.2) is 18.2 Å². The van der Waals surface area contributed by atoms with Crippen molar-refractivity contribution in [1.82, 2.24) is 0 Å². The second-order valence-corrected chi connectivity index (χ2v) is 5.13. The highest BCUT2D eigenvalue weighted by molar-refractivity contribution is 5.95. The van der Waals surface area contributed by atoms with Gasteiger partial charge in [0.25, 0.3) is 0 Å². The number of anilines is 2. The lowest BCUT2D eigenvalue weighted by molar-refractivity contribution is -0.117. The molecule has 1 aromatic carbocycles. The molecule has 4 heteroatoms. The molecular weight excluding hydrogens is 238 g/mol. The van der Waals surface area contributed by atoms with Crippen LogP contribution in [0.5, 0.6) is 0 Å². The molecule has 0 aliphatic rings. The highest BCUT2D eigenvalue weighted by Crippen LogP contribution is 2.22. The summed E-state index contributed by atoms with van der Waals surface area (Å²) in [6.07, 6.45) is 2.76. The molecule has 0 heterocycles. The van der Waals surface area contributed by atoms with Gasteiger partial charge in [-0.25, -0.2) is 0 Å². The summed E-state index contributed by atoms with van der Waals surface area (Å²) in [5.74, 6) is -0.109. The van der Waals surface area contributed by atoms with Gasteiger partial charge >= 0.3 is 0 Å². The molecule has 0 spiro atoms. The Morgan fingerprint density at radius 2 is 2.11 bits per heavy atom. The number of hydrogen-bond acceptors (Lipinski definition) is 3. The van der Waals surface area contributed by atoms with Gasteiger partial charge in [-0.05, 0) is 31.0 Å². The number of unbranched alkanes of at least 4 members (excludes halogenated alkanes) is 1. The van der Waals surface area contributed by atoms with Crippen molar-refractivity contribution in [3.8, 4) is 0 Å². The van der Waals surface area contributed by atoms with Crippen molar-refractivity contribution in [2.75, 3.05) is 24.3 Å². The number of benzene rings is 1. The molecule has 106 valence electrons. The maximum Gasteiger partial charge on any atom is 0.241 e. The summed E-state index contributed by atoms with van der Waals surface area (Å²) in [5, 5.41) is 2.88. The average Bonchev–Trinajstić information content (AvgIpc) is 2.37. The summed E-state index contributed by atoms with van der Waals surface area (Å²) in [5.41, 5.74) is 8.93. The number of carbonyl (C=O) groups is 1. The van der Waals surface area contributed by atoms with Crippen molar-refractivity contribution in [3.05, 3.63) is 23.8 Å². The molecule has 0 aliphatic heterocycles. The number of hydrogen-bond donors (Lipinski definition) is 2. The van der Waals surface area contributed by atoms with E-state index in [0.29, 0.717) is 0 Å². The van der Waals surface area contributed by atoms with Crippen LogP contribution in [0.2, 0.25) is 0 Å². The first-order chi connectivity index (χ1) is 8.95. The lowest BCUT2D eigenvalue weighted by Crippen LogP contribution is -2.35. The molecule has 0 fully saturated rings. The Hall–Kier alpha value is -1.55. The zero-order chi connectivity index (χ0) is 14.4. The Labute approximate surface area is 116 Å². The molecule has 0 unspecified atom stereocenters. The van der Waals surface area contributed by atoms with Crippen molar-refractivity contribution in [1.29, 1.82) is 0 Å². The van der Waals surface area contributed by atoms with Crippen LogP contribution in [0.1, 0.15) is 31.7 Å². The van der Waals surface area contributed by atoms with Gasteiger partial charge in [-0.15, -0.1) is 0 Å². The molecule has 1 amide bonds. The Kier molecular flexibility index (Phi) is 5.83. The van der Waals surface area contributed by atoms with Gasteiger partial charge in [-0.1, -0.05) is 25.8 Å². The van der Waals surface area contributed by atoms with Crippen LogP contribution in [0.3, 0.4) is 0 Å². The number of nitrogens with one attached hydrogen (secondary N) is 1. The molecule has 1 rings (SSSR count). The standard InChI is InChI=1S/C15H25N3O/c1-5-6-7-13(16)15(19)17-12-9-8-11(2)14(10-12)18(3)4/h8-10,13H,5-7,16H2,1-4H3,(H,17,19)/t13-/m0/s1. The summed E-state index contributed by atoms with van der Waals surface area (Å²) in [7, 11) is 3.97. The van der Waals surface area contributed by atoms with E-state index in [9.17, 15) is 4.79 Å². The number of rotatable bonds is 6. The van der Waals surface area contributed by atoms with Crippen molar-refractivity contribution < 1.29 is 4.79 Å². The first-order valence-corrected chi connectivity index (χ1v) is 6.80. The summed E-state index contributed by atoms with van der Waals surface area (Å²) in [6, 6.07) is 5.46. The van der Waals surface area contributed by atoms with Gasteiger partial charge in [-0.3, -0.25) is 4.79 Å². The number of amides is 1. The van der Waals surface area contributed by atoms with Crippen LogP contribution in [0.25, 0.3) is 0 Å². The third-order valence-corrected chi connectivity index (χ3v) is 3.16. The number of nitrogens with zero attached hydrogens (tertiary/aromatic N) is 1. The first-order valence-electron chi connectivity index (χ1n) is 6.80. The van der Waals surface area contributed by atoms with Gasteiger partial charge in [0, 0.05) is 25.5 Å². The molecule has 19 heavy (non-hydrogen) atoms. The molecule has 0 radical (unpaired) electrons. The minimum atomic E-state index is -0.427. The summed E-state index contributed by atoms with van der Waals surface area (Å²) < 4.78 is 0. The molecular formula is C15H25N3O. The average molecular weight is 263 g/mol. The molecule has 0 bridgehead atoms. The van der Waals surface area contributed by atoms with E-state index in [2.05, 4.69) is 12.2 Å². The Morgan fingerprint density at radius 3 is 2.68 bits per heavy atom. The molecule has 0 aromatic heterocycles. The van der Waals surface area contributed by atoms with Crippen molar-refractivity contribution >= 4 is 17.3 Å². The zero-order valence-corrected chi connectivity index (χ0v) is 12.4. The number of nitrogens with two attached hydrogens (primary N) is 1. The maximum atomic E-state index is 11.9. The predicted octanol–water partition coefficient (Wildman–Crippen LogP) is 2.52. The lowest BCUT2D eigenvalue weighted by atomic mass is 10.1. The predicted molar refractivity (Wildman–Crippen MR) is 81.6 cm³/mol. The van der Waals surface area contributed by atoms with Crippen LogP contribution < -0.4 is 16.0 Å². The summed E-state index contributed by atoms with van der Waals surface area (Å²) in [6.45, 7) is 4.14. The molecule has 4 nitrogen and oxygen atoms in total. The molecule has 0 saturated heterocycles. The van der Waals surface area contributed by atoms with E-state index >= 15 is 0 Å². The van der Waals surface area contributed by atoms with Gasteiger partial charge < -0.3 is 16.0 Å². The smallest absolute Gasteiger partial charge is 0.241 e. The van der Waals surface area contributed by atoms with Crippen LogP contribution in [-0.2, 0) is 4.79 Å². The first kappa shape index (κ1) is 15.5. The van der Waals surface area contributed by atoms with E-state index in [1.165, 1.54) is 5.56 Å². The third kappa shape index (κ3) is 4.56. The van der Waals surface area contributed by atoms with E-state index in [1.54, 1.807) is 0 Å². The van der Waals surface area contributed by atoms with Gasteiger partial charge in [0.2, 0.25) is 5.91 Å². The van der Waals surface area contributed by atoms with Crippen molar-refractivity contribution in [2.24, 2.45) is 5.73 Å². The molecule has 0 saturated carbocycles. The number of aryl methyl sites for hydroxylation is 1. The van der Waals surface area contributed by atoms with Crippen molar-refractivity contribution in [2.45, 2.75) is 39.2 Å². The van der Waals surface area contributed by atoms with E-state index in [-0.39, 0.29) is 5.91 Å². The Bertz CT molecular complexity index is 429. The molecule has 1 atom stereocenters. The highest BCUT2D eigenvalue weighted by Gasteiger charge is 2.13. The van der Waals surface area contributed by atoms with Gasteiger partial charge in [0.15, 0.2) is 0 Å². The molecule has 0 aliphatic carbocycles. The maximum absolute atomic E-state index is 11.9. The Balaban J connectivity index is 2.71. The quantitative estimate of drug-likeness (QED) is 0.829. The van der Waals surface area contributed by atoms with E-state index in [4.69, 9.17) is 5.73 Å². The zero-order valence-electron chi connectivity index (χ0n) is 12.4. The van der Waals surface area contributed by atoms with Gasteiger partial charge in [0.05, 0.1) is 6.04 Å². The van der Waals surface area contributed by atoms with E-state index in [1.807, 2.05) is 44.1 Å². The fraction of sp³-hybridized carbons (Fsp3) is 0.533. The monoisotopic (exact) mass is 263 g/mol. The molecule has 3 N–H and O–H groups in total. The second-order valence-electron chi connectivity index (χ2n) is 5.13. The molecule has 1 aromatic rings. The van der Waals surface area contributed by atoms with Crippen LogP contribution >= 0.6 is 0 Å². The van der Waals surface area contributed by atoms with Crippen LogP contribution in [0.4, 0.5) is 11.4 Å². The third-order valence-electron chi connectivity index (χ3n) is 3.16. The van der Waals surface area contributed by atoms with Gasteiger partial charge in [-0.2, -0.15) is 0 Å². The van der Waals surface area contributed by atoms with Crippen LogP contribution in [0, 0.1) is 6.92 Å². The largest absolute Gasteiger partial charge is 0.377 e. The topological polar surface area (TPSA) is 58.4 Å². The van der Waals surface area contributed by atoms with E-state index < -0.39 is 6.04 Å². The highest BCUT2D eigenvalue weighted by atomic mass is 16.2. The fourth-order valence-corrected chi connectivity index (χ4v) is 1.96. The van der Waals surface area contributed by atoms with Crippen LogP contribution in [-0.4, -0.2) is 26.0 Å². The minimum Gasteiger partial charge on any atom is -0.377 e.